The molecule has 0 unspecified atom stereocenters. The highest BCUT2D eigenvalue weighted by molar-refractivity contribution is 14.0. The lowest BCUT2D eigenvalue weighted by Gasteiger charge is -2.05. The minimum absolute atomic E-state index is 0. The highest BCUT2D eigenvalue weighted by Gasteiger charge is 1.99. The molecular weight excluding hydrogens is 433 g/mol. The molecule has 0 aliphatic carbocycles. The van der Waals surface area contributed by atoms with Gasteiger partial charge in [-0.2, -0.15) is 0 Å². The van der Waals surface area contributed by atoms with Crippen LogP contribution in [-0.2, 0) is 6.54 Å². The van der Waals surface area contributed by atoms with Crippen molar-refractivity contribution >= 4 is 45.9 Å². The Bertz CT molecular complexity index is 427. The maximum Gasteiger partial charge on any atom is 0.188 e. The van der Waals surface area contributed by atoms with Gasteiger partial charge in [-0.3, -0.25) is 0 Å². The lowest BCUT2D eigenvalue weighted by molar-refractivity contribution is 0.471. The zero-order valence-corrected chi connectivity index (χ0v) is 15.6. The molecule has 0 atom stereocenters. The summed E-state index contributed by atoms with van der Waals surface area (Å²) < 4.78 is 0.672. The van der Waals surface area contributed by atoms with Crippen LogP contribution in [0.1, 0.15) is 38.2 Å². The fourth-order valence-electron chi connectivity index (χ4n) is 1.65. The van der Waals surface area contributed by atoms with Gasteiger partial charge in [0.1, 0.15) is 5.75 Å². The lowest BCUT2D eigenvalue weighted by Crippen LogP contribution is -2.32. The highest BCUT2D eigenvalue weighted by atomic mass is 127. The molecule has 6 heteroatoms. The van der Waals surface area contributed by atoms with Crippen molar-refractivity contribution in [1.82, 2.24) is 5.32 Å². The summed E-state index contributed by atoms with van der Waals surface area (Å²) in [7, 11) is 0. The largest absolute Gasteiger partial charge is 0.507 e. The first-order chi connectivity index (χ1) is 9.13. The van der Waals surface area contributed by atoms with Gasteiger partial charge in [-0.1, -0.05) is 32.3 Å². The van der Waals surface area contributed by atoms with E-state index in [1.54, 1.807) is 6.07 Å². The molecule has 0 bridgehead atoms. The standard InChI is InChI=1S/C14H22BrN3O.HI/c1-2-3-4-5-8-17-14(16)18-10-11-6-7-13(19)12(15)9-11;/h6-7,9,19H,2-5,8,10H2,1H3,(H3,16,17,18);1H. The molecule has 0 heterocycles. The van der Waals surface area contributed by atoms with Gasteiger partial charge in [0, 0.05) is 6.54 Å². The van der Waals surface area contributed by atoms with E-state index in [0.29, 0.717) is 17.0 Å². The maximum absolute atomic E-state index is 9.39. The van der Waals surface area contributed by atoms with E-state index in [9.17, 15) is 5.11 Å². The second kappa shape index (κ2) is 11.2. The van der Waals surface area contributed by atoms with E-state index in [2.05, 4.69) is 33.2 Å². The second-order valence-electron chi connectivity index (χ2n) is 4.47. The van der Waals surface area contributed by atoms with Crippen LogP contribution in [0, 0.1) is 0 Å². The fourth-order valence-corrected chi connectivity index (χ4v) is 2.08. The third-order valence-electron chi connectivity index (χ3n) is 2.78. The maximum atomic E-state index is 9.39. The molecule has 0 aliphatic heterocycles. The van der Waals surface area contributed by atoms with Crippen molar-refractivity contribution in [3.63, 3.8) is 0 Å². The Labute approximate surface area is 146 Å². The molecule has 1 aromatic rings. The number of rotatable bonds is 7. The quantitative estimate of drug-likeness (QED) is 0.254. The summed E-state index contributed by atoms with van der Waals surface area (Å²) >= 11 is 3.27. The van der Waals surface area contributed by atoms with Gasteiger partial charge < -0.3 is 16.2 Å². The topological polar surface area (TPSA) is 70.6 Å². The molecular formula is C14H23BrIN3O. The molecule has 4 N–H and O–H groups in total. The van der Waals surface area contributed by atoms with Gasteiger partial charge in [0.25, 0.3) is 0 Å². The average molecular weight is 456 g/mol. The van der Waals surface area contributed by atoms with Gasteiger partial charge in [0.05, 0.1) is 11.0 Å². The van der Waals surface area contributed by atoms with E-state index >= 15 is 0 Å². The second-order valence-corrected chi connectivity index (χ2v) is 5.33. The molecule has 1 aromatic carbocycles. The molecule has 0 saturated heterocycles. The predicted octanol–water partition coefficient (Wildman–Crippen LogP) is 3.76. The molecule has 4 nitrogen and oxygen atoms in total. The number of hydrogen-bond acceptors (Lipinski definition) is 2. The van der Waals surface area contributed by atoms with Gasteiger partial charge in [0.2, 0.25) is 0 Å². The van der Waals surface area contributed by atoms with Gasteiger partial charge in [-0.25, -0.2) is 4.99 Å². The van der Waals surface area contributed by atoms with Crippen LogP contribution in [0.4, 0.5) is 0 Å². The number of nitrogens with two attached hydrogens (primary N) is 1. The van der Waals surface area contributed by atoms with Gasteiger partial charge in [-0.15, -0.1) is 24.0 Å². The van der Waals surface area contributed by atoms with Crippen molar-refractivity contribution in [3.05, 3.63) is 28.2 Å². The van der Waals surface area contributed by atoms with E-state index in [1.807, 2.05) is 12.1 Å². The van der Waals surface area contributed by atoms with Crippen LogP contribution in [-0.4, -0.2) is 17.6 Å². The fraction of sp³-hybridized carbons (Fsp3) is 0.500. The van der Waals surface area contributed by atoms with Crippen molar-refractivity contribution in [2.45, 2.75) is 39.2 Å². The number of aromatic hydroxyl groups is 1. The molecule has 0 fully saturated rings. The Kier molecular flexibility index (Phi) is 10.9. The van der Waals surface area contributed by atoms with E-state index in [0.717, 1.165) is 18.5 Å². The molecule has 1 rings (SSSR count). The molecule has 0 spiro atoms. The number of hydrogen-bond donors (Lipinski definition) is 3. The van der Waals surface area contributed by atoms with E-state index < -0.39 is 0 Å². The lowest BCUT2D eigenvalue weighted by atomic mass is 10.2. The van der Waals surface area contributed by atoms with E-state index in [4.69, 9.17) is 5.73 Å². The molecule has 0 saturated carbocycles. The summed E-state index contributed by atoms with van der Waals surface area (Å²) in [5.74, 6) is 0.704. The Morgan fingerprint density at radius 3 is 2.75 bits per heavy atom. The number of nitrogens with zero attached hydrogens (tertiary/aromatic N) is 1. The summed E-state index contributed by atoms with van der Waals surface area (Å²) in [4.78, 5) is 4.26. The Balaban J connectivity index is 0.00000361. The Morgan fingerprint density at radius 2 is 2.10 bits per heavy atom. The van der Waals surface area contributed by atoms with Gasteiger partial charge in [-0.05, 0) is 40.0 Å². The normalized spacial score (nSPS) is 11.0. The monoisotopic (exact) mass is 455 g/mol. The first-order valence-electron chi connectivity index (χ1n) is 6.64. The number of benzene rings is 1. The van der Waals surface area contributed by atoms with E-state index in [1.165, 1.54) is 19.3 Å². The summed E-state index contributed by atoms with van der Waals surface area (Å²) in [6, 6.07) is 5.31. The zero-order valence-electron chi connectivity index (χ0n) is 11.7. The third-order valence-corrected chi connectivity index (χ3v) is 3.42. The van der Waals surface area contributed by atoms with Crippen LogP contribution in [0.5, 0.6) is 5.75 Å². The number of phenolic OH excluding ortho intramolecular Hbond substituents is 1. The summed E-state index contributed by atoms with van der Waals surface area (Å²) in [5.41, 5.74) is 6.78. The van der Waals surface area contributed by atoms with Crippen LogP contribution in [0.25, 0.3) is 0 Å². The minimum atomic E-state index is 0. The number of nitrogens with one attached hydrogen (secondary N) is 1. The van der Waals surface area contributed by atoms with Gasteiger partial charge >= 0.3 is 0 Å². The van der Waals surface area contributed by atoms with Crippen molar-refractivity contribution in [1.29, 1.82) is 0 Å². The molecule has 0 aromatic heterocycles. The van der Waals surface area contributed by atoms with Crippen LogP contribution in [0.15, 0.2) is 27.7 Å². The Hall–Kier alpha value is -0.500. The molecule has 0 aliphatic rings. The average Bonchev–Trinajstić information content (AvgIpc) is 2.40. The van der Waals surface area contributed by atoms with Gasteiger partial charge in [0.15, 0.2) is 5.96 Å². The highest BCUT2D eigenvalue weighted by Crippen LogP contribution is 2.24. The van der Waals surface area contributed by atoms with E-state index in [-0.39, 0.29) is 29.7 Å². The molecule has 114 valence electrons. The summed E-state index contributed by atoms with van der Waals surface area (Å²) in [6.07, 6.45) is 4.84. The number of guanidine groups is 1. The number of halogens is 2. The molecule has 20 heavy (non-hydrogen) atoms. The van der Waals surface area contributed by atoms with Crippen LogP contribution in [0.2, 0.25) is 0 Å². The molecule has 0 radical (unpaired) electrons. The smallest absolute Gasteiger partial charge is 0.188 e. The van der Waals surface area contributed by atoms with Crippen molar-refractivity contribution < 1.29 is 5.11 Å². The Morgan fingerprint density at radius 1 is 1.35 bits per heavy atom. The first kappa shape index (κ1) is 19.5. The molecule has 0 amide bonds. The minimum Gasteiger partial charge on any atom is -0.507 e. The van der Waals surface area contributed by atoms with Crippen molar-refractivity contribution in [3.8, 4) is 5.75 Å². The van der Waals surface area contributed by atoms with Crippen molar-refractivity contribution in [2.75, 3.05) is 6.54 Å². The predicted molar refractivity (Wildman–Crippen MR) is 98.7 cm³/mol. The number of unbranched alkanes of at least 4 members (excludes halogenated alkanes) is 3. The van der Waals surface area contributed by atoms with Crippen LogP contribution in [0.3, 0.4) is 0 Å². The van der Waals surface area contributed by atoms with Crippen LogP contribution >= 0.6 is 39.9 Å². The van der Waals surface area contributed by atoms with Crippen LogP contribution < -0.4 is 11.1 Å². The first-order valence-corrected chi connectivity index (χ1v) is 7.44. The number of phenols is 1. The SMILES string of the molecule is CCCCCCNC(N)=NCc1ccc(O)c(Br)c1.I. The third kappa shape index (κ3) is 7.94. The number of aliphatic imine (C=N–C) groups is 1. The van der Waals surface area contributed by atoms with Crippen molar-refractivity contribution in [2.24, 2.45) is 10.7 Å². The zero-order chi connectivity index (χ0) is 14.1. The summed E-state index contributed by atoms with van der Waals surface area (Å²) in [6.45, 7) is 3.57. The summed E-state index contributed by atoms with van der Waals surface area (Å²) in [5, 5.41) is 12.5.